The molecule has 76 valence electrons. The van der Waals surface area contributed by atoms with Crippen LogP contribution in [0.25, 0.3) is 0 Å². The lowest BCUT2D eigenvalue weighted by Gasteiger charge is -2.01. The molecule has 0 spiro atoms. The van der Waals surface area contributed by atoms with Gasteiger partial charge in [-0.1, -0.05) is 29.8 Å². The molecule has 0 aliphatic carbocycles. The molecule has 1 heterocycles. The van der Waals surface area contributed by atoms with Gasteiger partial charge in [0.25, 0.3) is 0 Å². The SMILES string of the molecule is Cc1ccc(Cn2ccc(C=O)n2)cc1. The minimum absolute atomic E-state index is 0.474. The minimum Gasteiger partial charge on any atom is -0.296 e. The van der Waals surface area contributed by atoms with Gasteiger partial charge in [-0.15, -0.1) is 0 Å². The molecule has 0 fully saturated rings. The molecule has 0 saturated heterocycles. The average molecular weight is 200 g/mol. The quantitative estimate of drug-likeness (QED) is 0.711. The first-order valence-corrected chi connectivity index (χ1v) is 4.82. The Bertz CT molecular complexity index is 457. The molecule has 0 aliphatic heterocycles. The molecule has 0 radical (unpaired) electrons. The molecule has 1 aromatic heterocycles. The lowest BCUT2D eigenvalue weighted by molar-refractivity contribution is 0.111. The third-order valence-electron chi connectivity index (χ3n) is 2.25. The van der Waals surface area contributed by atoms with E-state index in [2.05, 4.69) is 36.3 Å². The van der Waals surface area contributed by atoms with Gasteiger partial charge in [0, 0.05) is 6.20 Å². The van der Waals surface area contributed by atoms with Crippen molar-refractivity contribution in [2.75, 3.05) is 0 Å². The van der Waals surface area contributed by atoms with Gasteiger partial charge < -0.3 is 0 Å². The van der Waals surface area contributed by atoms with E-state index in [9.17, 15) is 4.79 Å². The predicted octanol–water partition coefficient (Wildman–Crippen LogP) is 2.05. The smallest absolute Gasteiger partial charge is 0.170 e. The summed E-state index contributed by atoms with van der Waals surface area (Å²) in [6.07, 6.45) is 2.56. The number of carbonyl (C=O) groups excluding carboxylic acids is 1. The van der Waals surface area contributed by atoms with E-state index in [0.717, 1.165) is 6.29 Å². The summed E-state index contributed by atoms with van der Waals surface area (Å²) in [6, 6.07) is 9.98. The summed E-state index contributed by atoms with van der Waals surface area (Å²) < 4.78 is 1.76. The van der Waals surface area contributed by atoms with Crippen LogP contribution < -0.4 is 0 Å². The highest BCUT2D eigenvalue weighted by molar-refractivity contribution is 5.71. The Morgan fingerprint density at radius 3 is 2.60 bits per heavy atom. The van der Waals surface area contributed by atoms with E-state index in [1.165, 1.54) is 11.1 Å². The molecule has 1 aromatic carbocycles. The largest absolute Gasteiger partial charge is 0.296 e. The Morgan fingerprint density at radius 2 is 2.00 bits per heavy atom. The maximum absolute atomic E-state index is 10.4. The molecule has 15 heavy (non-hydrogen) atoms. The number of aldehydes is 1. The van der Waals surface area contributed by atoms with Crippen molar-refractivity contribution in [2.45, 2.75) is 13.5 Å². The Hall–Kier alpha value is -1.90. The fourth-order valence-corrected chi connectivity index (χ4v) is 1.41. The number of benzene rings is 1. The monoisotopic (exact) mass is 200 g/mol. The van der Waals surface area contributed by atoms with E-state index in [4.69, 9.17) is 0 Å². The summed E-state index contributed by atoms with van der Waals surface area (Å²) in [7, 11) is 0. The van der Waals surface area contributed by atoms with Gasteiger partial charge in [0.1, 0.15) is 5.69 Å². The van der Waals surface area contributed by atoms with E-state index in [1.807, 2.05) is 6.20 Å². The number of hydrogen-bond donors (Lipinski definition) is 0. The topological polar surface area (TPSA) is 34.9 Å². The standard InChI is InChI=1S/C12H12N2O/c1-10-2-4-11(5-3-10)8-14-7-6-12(9-15)13-14/h2-7,9H,8H2,1H3. The molecule has 3 nitrogen and oxygen atoms in total. The number of rotatable bonds is 3. The number of carbonyl (C=O) groups is 1. The van der Waals surface area contributed by atoms with E-state index in [1.54, 1.807) is 10.7 Å². The van der Waals surface area contributed by atoms with Crippen molar-refractivity contribution < 1.29 is 4.79 Å². The molecular weight excluding hydrogens is 188 g/mol. The van der Waals surface area contributed by atoms with Gasteiger partial charge in [-0.05, 0) is 18.6 Å². The van der Waals surface area contributed by atoms with E-state index < -0.39 is 0 Å². The van der Waals surface area contributed by atoms with Gasteiger partial charge in [-0.2, -0.15) is 5.10 Å². The maximum atomic E-state index is 10.4. The summed E-state index contributed by atoms with van der Waals surface area (Å²) in [6.45, 7) is 2.76. The second-order valence-electron chi connectivity index (χ2n) is 3.54. The summed E-state index contributed by atoms with van der Waals surface area (Å²) in [5.41, 5.74) is 2.90. The Balaban J connectivity index is 2.14. The Labute approximate surface area is 88.4 Å². The van der Waals surface area contributed by atoms with Crippen LogP contribution in [0.3, 0.4) is 0 Å². The minimum atomic E-state index is 0.474. The zero-order chi connectivity index (χ0) is 10.7. The summed E-state index contributed by atoms with van der Waals surface area (Å²) in [4.78, 5) is 10.4. The van der Waals surface area contributed by atoms with Crippen LogP contribution >= 0.6 is 0 Å². The zero-order valence-corrected chi connectivity index (χ0v) is 8.55. The third kappa shape index (κ3) is 2.31. The molecule has 0 atom stereocenters. The highest BCUT2D eigenvalue weighted by atomic mass is 16.1. The van der Waals surface area contributed by atoms with Gasteiger partial charge >= 0.3 is 0 Å². The van der Waals surface area contributed by atoms with Gasteiger partial charge in [0.05, 0.1) is 6.54 Å². The fraction of sp³-hybridized carbons (Fsp3) is 0.167. The molecular formula is C12H12N2O. The summed E-state index contributed by atoms with van der Waals surface area (Å²) in [5, 5.41) is 4.10. The van der Waals surface area contributed by atoms with Crippen LogP contribution in [-0.4, -0.2) is 16.1 Å². The normalized spacial score (nSPS) is 10.2. The fourth-order valence-electron chi connectivity index (χ4n) is 1.41. The first-order valence-electron chi connectivity index (χ1n) is 4.82. The zero-order valence-electron chi connectivity index (χ0n) is 8.55. The van der Waals surface area contributed by atoms with Gasteiger partial charge in [0.15, 0.2) is 6.29 Å². The molecule has 3 heteroatoms. The molecule has 0 aliphatic rings. The van der Waals surface area contributed by atoms with E-state index >= 15 is 0 Å². The van der Waals surface area contributed by atoms with Gasteiger partial charge in [-0.3, -0.25) is 9.48 Å². The van der Waals surface area contributed by atoms with Gasteiger partial charge in [-0.25, -0.2) is 0 Å². The molecule has 0 bridgehead atoms. The van der Waals surface area contributed by atoms with Crippen LogP contribution in [-0.2, 0) is 6.54 Å². The van der Waals surface area contributed by atoms with Crippen LogP contribution in [0.15, 0.2) is 36.5 Å². The van der Waals surface area contributed by atoms with E-state index in [0.29, 0.717) is 12.2 Å². The Kier molecular flexibility index (Phi) is 2.63. The van der Waals surface area contributed by atoms with Crippen LogP contribution in [0.2, 0.25) is 0 Å². The second-order valence-corrected chi connectivity index (χ2v) is 3.54. The van der Waals surface area contributed by atoms with E-state index in [-0.39, 0.29) is 0 Å². The maximum Gasteiger partial charge on any atom is 0.170 e. The Morgan fingerprint density at radius 1 is 1.27 bits per heavy atom. The highest BCUT2D eigenvalue weighted by Gasteiger charge is 1.98. The molecule has 0 unspecified atom stereocenters. The molecule has 0 N–H and O–H groups in total. The van der Waals surface area contributed by atoms with Crippen molar-refractivity contribution in [3.8, 4) is 0 Å². The predicted molar refractivity (Wildman–Crippen MR) is 57.9 cm³/mol. The molecule has 0 saturated carbocycles. The summed E-state index contributed by atoms with van der Waals surface area (Å²) in [5.74, 6) is 0. The lowest BCUT2D eigenvalue weighted by Crippen LogP contribution is -2.00. The summed E-state index contributed by atoms with van der Waals surface area (Å²) >= 11 is 0. The van der Waals surface area contributed by atoms with Crippen LogP contribution in [0.5, 0.6) is 0 Å². The molecule has 2 aromatic rings. The van der Waals surface area contributed by atoms with Crippen molar-refractivity contribution in [1.29, 1.82) is 0 Å². The lowest BCUT2D eigenvalue weighted by atomic mass is 10.1. The third-order valence-corrected chi connectivity index (χ3v) is 2.25. The average Bonchev–Trinajstić information content (AvgIpc) is 2.69. The van der Waals surface area contributed by atoms with Crippen LogP contribution in [0.1, 0.15) is 21.6 Å². The van der Waals surface area contributed by atoms with Crippen molar-refractivity contribution in [1.82, 2.24) is 9.78 Å². The van der Waals surface area contributed by atoms with Crippen molar-refractivity contribution in [3.63, 3.8) is 0 Å². The first kappa shape index (κ1) is 9.65. The second kappa shape index (κ2) is 4.09. The van der Waals surface area contributed by atoms with Crippen LogP contribution in [0.4, 0.5) is 0 Å². The highest BCUT2D eigenvalue weighted by Crippen LogP contribution is 2.05. The number of aromatic nitrogens is 2. The number of hydrogen-bond acceptors (Lipinski definition) is 2. The van der Waals surface area contributed by atoms with Crippen molar-refractivity contribution in [2.24, 2.45) is 0 Å². The van der Waals surface area contributed by atoms with Gasteiger partial charge in [0.2, 0.25) is 0 Å². The molecule has 0 amide bonds. The first-order chi connectivity index (χ1) is 7.28. The van der Waals surface area contributed by atoms with Crippen LogP contribution in [0, 0.1) is 6.92 Å². The number of aryl methyl sites for hydroxylation is 1. The van der Waals surface area contributed by atoms with Crippen molar-refractivity contribution >= 4 is 6.29 Å². The molecule has 2 rings (SSSR count). The van der Waals surface area contributed by atoms with Crippen molar-refractivity contribution in [3.05, 3.63) is 53.3 Å². The number of nitrogens with zero attached hydrogens (tertiary/aromatic N) is 2.